The molecule has 2 amide bonds. The van der Waals surface area contributed by atoms with Gasteiger partial charge in [0, 0.05) is 11.7 Å². The Morgan fingerprint density at radius 1 is 1.48 bits per heavy atom. The third-order valence-electron chi connectivity index (χ3n) is 3.22. The van der Waals surface area contributed by atoms with Gasteiger partial charge in [-0.3, -0.25) is 0 Å². The van der Waals surface area contributed by atoms with Crippen LogP contribution in [0, 0.1) is 0 Å². The van der Waals surface area contributed by atoms with E-state index >= 15 is 0 Å². The van der Waals surface area contributed by atoms with Gasteiger partial charge in [-0.05, 0) is 37.5 Å². The minimum absolute atomic E-state index is 0.341. The van der Waals surface area contributed by atoms with Crippen molar-refractivity contribution in [1.29, 1.82) is 0 Å². The van der Waals surface area contributed by atoms with Crippen LogP contribution in [0.3, 0.4) is 0 Å². The van der Waals surface area contributed by atoms with Gasteiger partial charge >= 0.3 is 12.2 Å². The summed E-state index contributed by atoms with van der Waals surface area (Å²) < 4.78 is 37.5. The lowest BCUT2D eigenvalue weighted by Crippen LogP contribution is -2.42. The summed E-state index contributed by atoms with van der Waals surface area (Å²) in [6, 6.07) is 5.31. The molecule has 0 heterocycles. The topological polar surface area (TPSA) is 52.6 Å². The molecule has 0 saturated heterocycles. The maximum absolute atomic E-state index is 12.5. The minimum Gasteiger partial charge on any atom is -0.389 e. The molecule has 0 aromatic heterocycles. The SMILES string of the molecule is CC(O)c1cccc(NC(=O)N(CC(F)(F)F)C2CC2)c1. The molecule has 4 nitrogen and oxygen atoms in total. The molecule has 0 aliphatic heterocycles. The third-order valence-corrected chi connectivity index (χ3v) is 3.22. The van der Waals surface area contributed by atoms with Crippen LogP contribution in [0.2, 0.25) is 0 Å². The van der Waals surface area contributed by atoms with Gasteiger partial charge in [-0.15, -0.1) is 0 Å². The zero-order chi connectivity index (χ0) is 15.6. The molecule has 2 N–H and O–H groups in total. The number of carbonyl (C=O) groups excluding carboxylic acids is 1. The molecule has 1 saturated carbocycles. The first kappa shape index (κ1) is 15.6. The zero-order valence-electron chi connectivity index (χ0n) is 11.5. The first-order chi connectivity index (χ1) is 9.76. The Balaban J connectivity index is 2.06. The molecule has 1 aromatic rings. The van der Waals surface area contributed by atoms with E-state index in [0.717, 1.165) is 4.90 Å². The van der Waals surface area contributed by atoms with Crippen LogP contribution in [0.15, 0.2) is 24.3 Å². The first-order valence-corrected chi connectivity index (χ1v) is 6.68. The Kier molecular flexibility index (Phi) is 4.41. The van der Waals surface area contributed by atoms with E-state index in [0.29, 0.717) is 24.1 Å². The summed E-state index contributed by atoms with van der Waals surface area (Å²) in [5.74, 6) is 0. The van der Waals surface area contributed by atoms with Crippen LogP contribution >= 0.6 is 0 Å². The van der Waals surface area contributed by atoms with Crippen molar-refractivity contribution in [3.63, 3.8) is 0 Å². The van der Waals surface area contributed by atoms with E-state index in [-0.39, 0.29) is 6.04 Å². The standard InChI is InChI=1S/C14H17F3N2O2/c1-9(20)10-3-2-4-11(7-10)18-13(21)19(12-5-6-12)8-14(15,16)17/h2-4,7,9,12,20H,5-6,8H2,1H3,(H,18,21). The molecule has 1 aliphatic carbocycles. The number of nitrogens with one attached hydrogen (secondary N) is 1. The number of benzene rings is 1. The second-order valence-corrected chi connectivity index (χ2v) is 5.21. The predicted molar refractivity (Wildman–Crippen MR) is 71.9 cm³/mol. The van der Waals surface area contributed by atoms with E-state index in [2.05, 4.69) is 5.32 Å². The molecule has 1 unspecified atom stereocenters. The highest BCUT2D eigenvalue weighted by atomic mass is 19.4. The lowest BCUT2D eigenvalue weighted by atomic mass is 10.1. The normalized spacial score (nSPS) is 16.4. The van der Waals surface area contributed by atoms with Crippen LogP contribution in [0.4, 0.5) is 23.7 Å². The van der Waals surface area contributed by atoms with E-state index in [1.165, 1.54) is 0 Å². The van der Waals surface area contributed by atoms with Crippen LogP contribution in [0.25, 0.3) is 0 Å². The van der Waals surface area contributed by atoms with Gasteiger partial charge in [0.1, 0.15) is 6.54 Å². The van der Waals surface area contributed by atoms with Crippen molar-refractivity contribution in [2.24, 2.45) is 0 Å². The summed E-state index contributed by atoms with van der Waals surface area (Å²) in [5.41, 5.74) is 0.952. The molecule has 1 fully saturated rings. The number of aliphatic hydroxyl groups is 1. The fourth-order valence-corrected chi connectivity index (χ4v) is 2.02. The molecular formula is C14H17F3N2O2. The summed E-state index contributed by atoms with van der Waals surface area (Å²) >= 11 is 0. The van der Waals surface area contributed by atoms with Crippen molar-refractivity contribution in [2.45, 2.75) is 38.1 Å². The molecule has 7 heteroatoms. The van der Waals surface area contributed by atoms with Crippen molar-refractivity contribution in [3.8, 4) is 0 Å². The number of urea groups is 1. The van der Waals surface area contributed by atoms with Gasteiger partial charge in [-0.2, -0.15) is 13.2 Å². The van der Waals surface area contributed by atoms with Crippen molar-refractivity contribution in [3.05, 3.63) is 29.8 Å². The lowest BCUT2D eigenvalue weighted by Gasteiger charge is -2.24. The van der Waals surface area contributed by atoms with Crippen LogP contribution in [0.5, 0.6) is 0 Å². The van der Waals surface area contributed by atoms with Gasteiger partial charge < -0.3 is 15.3 Å². The highest BCUT2D eigenvalue weighted by Crippen LogP contribution is 2.30. The number of hydrogen-bond acceptors (Lipinski definition) is 2. The highest BCUT2D eigenvalue weighted by molar-refractivity contribution is 5.89. The molecule has 21 heavy (non-hydrogen) atoms. The van der Waals surface area contributed by atoms with Crippen LogP contribution in [-0.4, -0.2) is 34.8 Å². The fraction of sp³-hybridized carbons (Fsp3) is 0.500. The predicted octanol–water partition coefficient (Wildman–Crippen LogP) is 3.30. The second kappa shape index (κ2) is 5.93. The van der Waals surface area contributed by atoms with Gasteiger partial charge in [-0.25, -0.2) is 4.79 Å². The summed E-state index contributed by atoms with van der Waals surface area (Å²) in [6.45, 7) is 0.320. The van der Waals surface area contributed by atoms with Gasteiger partial charge in [0.15, 0.2) is 0 Å². The Hall–Kier alpha value is -1.76. The number of carbonyl (C=O) groups is 1. The number of nitrogens with zero attached hydrogens (tertiary/aromatic N) is 1. The number of anilines is 1. The molecule has 1 atom stereocenters. The number of halogens is 3. The van der Waals surface area contributed by atoms with Gasteiger partial charge in [-0.1, -0.05) is 12.1 Å². The molecule has 1 aliphatic rings. The molecule has 0 radical (unpaired) electrons. The van der Waals surface area contributed by atoms with Crippen LogP contribution in [0.1, 0.15) is 31.4 Å². The zero-order valence-corrected chi connectivity index (χ0v) is 11.5. The molecule has 116 valence electrons. The third kappa shape index (κ3) is 4.63. The Morgan fingerprint density at radius 2 is 2.14 bits per heavy atom. The largest absolute Gasteiger partial charge is 0.406 e. The van der Waals surface area contributed by atoms with E-state index in [1.807, 2.05) is 0 Å². The smallest absolute Gasteiger partial charge is 0.389 e. The average molecular weight is 302 g/mol. The summed E-state index contributed by atoms with van der Waals surface area (Å²) in [6.07, 6.45) is -3.94. The van der Waals surface area contributed by atoms with E-state index in [4.69, 9.17) is 0 Å². The number of aliphatic hydroxyl groups excluding tert-OH is 1. The summed E-state index contributed by atoms with van der Waals surface area (Å²) in [7, 11) is 0. The number of alkyl halides is 3. The van der Waals surface area contributed by atoms with Gasteiger partial charge in [0.2, 0.25) is 0 Å². The first-order valence-electron chi connectivity index (χ1n) is 6.68. The Bertz CT molecular complexity index is 513. The number of hydrogen-bond donors (Lipinski definition) is 2. The lowest BCUT2D eigenvalue weighted by molar-refractivity contribution is -0.140. The molecule has 0 bridgehead atoms. The number of amides is 2. The maximum Gasteiger partial charge on any atom is 0.406 e. The van der Waals surface area contributed by atoms with Gasteiger partial charge in [0.05, 0.1) is 6.10 Å². The van der Waals surface area contributed by atoms with E-state index < -0.39 is 24.9 Å². The monoisotopic (exact) mass is 302 g/mol. The molecule has 2 rings (SSSR count). The fourth-order valence-electron chi connectivity index (χ4n) is 2.02. The molecule has 1 aromatic carbocycles. The molecule has 0 spiro atoms. The second-order valence-electron chi connectivity index (χ2n) is 5.21. The van der Waals surface area contributed by atoms with Crippen molar-refractivity contribution >= 4 is 11.7 Å². The van der Waals surface area contributed by atoms with Gasteiger partial charge in [0.25, 0.3) is 0 Å². The van der Waals surface area contributed by atoms with Crippen LogP contribution in [-0.2, 0) is 0 Å². The van der Waals surface area contributed by atoms with E-state index in [1.54, 1.807) is 31.2 Å². The summed E-state index contributed by atoms with van der Waals surface area (Å²) in [4.78, 5) is 12.8. The van der Waals surface area contributed by atoms with Crippen LogP contribution < -0.4 is 5.32 Å². The Labute approximate surface area is 120 Å². The minimum atomic E-state index is -4.42. The molecular weight excluding hydrogens is 285 g/mol. The summed E-state index contributed by atoms with van der Waals surface area (Å²) in [5, 5.41) is 11.9. The Morgan fingerprint density at radius 3 is 2.67 bits per heavy atom. The van der Waals surface area contributed by atoms with Crippen molar-refractivity contribution in [2.75, 3.05) is 11.9 Å². The average Bonchev–Trinajstić information content (AvgIpc) is 3.19. The maximum atomic E-state index is 12.5. The van der Waals surface area contributed by atoms with Crippen molar-refractivity contribution in [1.82, 2.24) is 4.90 Å². The van der Waals surface area contributed by atoms with E-state index in [9.17, 15) is 23.1 Å². The quantitative estimate of drug-likeness (QED) is 0.896. The number of rotatable bonds is 4. The highest BCUT2D eigenvalue weighted by Gasteiger charge is 2.40. The van der Waals surface area contributed by atoms with Crippen molar-refractivity contribution < 1.29 is 23.1 Å².